The van der Waals surface area contributed by atoms with E-state index in [9.17, 15) is 9.90 Å². The largest absolute Gasteiger partial charge is 0.508 e. The highest BCUT2D eigenvalue weighted by Gasteiger charge is 2.11. The lowest BCUT2D eigenvalue weighted by Gasteiger charge is -2.14. The number of terminal acetylenes is 1. The lowest BCUT2D eigenvalue weighted by molar-refractivity contribution is 0.0936. The fraction of sp³-hybridized carbons (Fsp3) is 0.357. The Labute approximate surface area is 102 Å². The van der Waals surface area contributed by atoms with E-state index in [-0.39, 0.29) is 17.7 Å². The average molecular weight is 231 g/mol. The molecule has 0 fully saturated rings. The highest BCUT2D eigenvalue weighted by Crippen LogP contribution is 2.17. The number of carbonyl (C=O) groups excluding carboxylic acids is 1. The number of rotatable bonds is 4. The lowest BCUT2D eigenvalue weighted by Crippen LogP contribution is -2.34. The van der Waals surface area contributed by atoms with Crippen LogP contribution in [0.25, 0.3) is 0 Å². The number of hydrogen-bond acceptors (Lipinski definition) is 2. The van der Waals surface area contributed by atoms with Gasteiger partial charge in [0.05, 0.1) is 0 Å². The van der Waals surface area contributed by atoms with E-state index in [4.69, 9.17) is 6.42 Å². The average Bonchev–Trinajstić information content (AvgIpc) is 2.31. The van der Waals surface area contributed by atoms with Gasteiger partial charge < -0.3 is 10.4 Å². The Hall–Kier alpha value is -1.95. The molecule has 0 aromatic heterocycles. The highest BCUT2D eigenvalue weighted by atomic mass is 16.3. The molecule has 1 aromatic rings. The van der Waals surface area contributed by atoms with Crippen molar-refractivity contribution in [2.75, 3.05) is 0 Å². The molecular formula is C14H17NO2. The van der Waals surface area contributed by atoms with E-state index in [1.54, 1.807) is 19.1 Å². The molecule has 0 aliphatic heterocycles. The number of hydrogen-bond donors (Lipinski definition) is 2. The van der Waals surface area contributed by atoms with Crippen LogP contribution in [0.4, 0.5) is 0 Å². The summed E-state index contributed by atoms with van der Waals surface area (Å²) < 4.78 is 0. The Morgan fingerprint density at radius 1 is 1.59 bits per heavy atom. The summed E-state index contributed by atoms with van der Waals surface area (Å²) in [5, 5.41) is 12.2. The molecule has 0 bridgehead atoms. The maximum absolute atomic E-state index is 11.9. The van der Waals surface area contributed by atoms with Crippen LogP contribution in [0.3, 0.4) is 0 Å². The SMILES string of the molecule is C#CCC(CC)NC(=O)c1ccc(O)c(C)c1. The maximum Gasteiger partial charge on any atom is 0.251 e. The summed E-state index contributed by atoms with van der Waals surface area (Å²) in [6, 6.07) is 4.78. The zero-order valence-corrected chi connectivity index (χ0v) is 10.2. The van der Waals surface area contributed by atoms with Crippen molar-refractivity contribution in [1.29, 1.82) is 0 Å². The fourth-order valence-corrected chi connectivity index (χ4v) is 1.51. The third kappa shape index (κ3) is 3.53. The van der Waals surface area contributed by atoms with Crippen molar-refractivity contribution in [3.8, 4) is 18.1 Å². The van der Waals surface area contributed by atoms with Crippen LogP contribution in [-0.2, 0) is 0 Å². The van der Waals surface area contributed by atoms with Gasteiger partial charge in [-0.1, -0.05) is 6.92 Å². The van der Waals surface area contributed by atoms with E-state index in [0.29, 0.717) is 17.5 Å². The standard InChI is InChI=1S/C14H17NO2/c1-4-6-12(5-2)15-14(17)11-7-8-13(16)10(3)9-11/h1,7-9,12,16H,5-6H2,2-3H3,(H,15,17). The smallest absolute Gasteiger partial charge is 0.251 e. The number of benzene rings is 1. The molecule has 0 saturated carbocycles. The molecule has 90 valence electrons. The first kappa shape index (κ1) is 13.1. The minimum atomic E-state index is -0.157. The molecule has 0 spiro atoms. The van der Waals surface area contributed by atoms with Gasteiger partial charge in [-0.05, 0) is 37.1 Å². The molecule has 2 N–H and O–H groups in total. The van der Waals surface area contributed by atoms with Crippen LogP contribution in [0, 0.1) is 19.3 Å². The summed E-state index contributed by atoms with van der Waals surface area (Å²) in [7, 11) is 0. The Morgan fingerprint density at radius 3 is 2.82 bits per heavy atom. The Kier molecular flexibility index (Phi) is 4.59. The molecule has 0 heterocycles. The fourth-order valence-electron chi connectivity index (χ4n) is 1.51. The highest BCUT2D eigenvalue weighted by molar-refractivity contribution is 5.94. The number of nitrogens with one attached hydrogen (secondary N) is 1. The normalized spacial score (nSPS) is 11.6. The van der Waals surface area contributed by atoms with Gasteiger partial charge in [0.2, 0.25) is 0 Å². The van der Waals surface area contributed by atoms with Gasteiger partial charge in [0.1, 0.15) is 5.75 Å². The van der Waals surface area contributed by atoms with Crippen molar-refractivity contribution in [3.63, 3.8) is 0 Å². The number of aryl methyl sites for hydroxylation is 1. The molecule has 1 rings (SSSR count). The Bertz CT molecular complexity index is 446. The Balaban J connectivity index is 2.76. The number of phenolic OH excluding ortho intramolecular Hbond substituents is 1. The predicted octanol–water partition coefficient (Wildman–Crippen LogP) is 2.23. The zero-order valence-electron chi connectivity index (χ0n) is 10.2. The quantitative estimate of drug-likeness (QED) is 0.781. The number of phenols is 1. The monoisotopic (exact) mass is 231 g/mol. The van der Waals surface area contributed by atoms with Crippen LogP contribution < -0.4 is 5.32 Å². The van der Waals surface area contributed by atoms with Crippen LogP contribution in [0.1, 0.15) is 35.7 Å². The van der Waals surface area contributed by atoms with Gasteiger partial charge in [-0.15, -0.1) is 12.3 Å². The topological polar surface area (TPSA) is 49.3 Å². The van der Waals surface area contributed by atoms with E-state index >= 15 is 0 Å². The van der Waals surface area contributed by atoms with Crippen molar-refractivity contribution < 1.29 is 9.90 Å². The van der Waals surface area contributed by atoms with E-state index in [2.05, 4.69) is 11.2 Å². The first-order chi connectivity index (χ1) is 8.08. The second kappa shape index (κ2) is 5.95. The molecule has 1 amide bonds. The van der Waals surface area contributed by atoms with Crippen molar-refractivity contribution in [2.45, 2.75) is 32.7 Å². The summed E-state index contributed by atoms with van der Waals surface area (Å²) >= 11 is 0. The van der Waals surface area contributed by atoms with Gasteiger partial charge in [-0.2, -0.15) is 0 Å². The van der Waals surface area contributed by atoms with Crippen LogP contribution in [0.15, 0.2) is 18.2 Å². The minimum absolute atomic E-state index is 0.00149. The number of amides is 1. The van der Waals surface area contributed by atoms with Crippen LogP contribution >= 0.6 is 0 Å². The van der Waals surface area contributed by atoms with Crippen LogP contribution in [0.2, 0.25) is 0 Å². The molecule has 0 saturated heterocycles. The lowest BCUT2D eigenvalue weighted by atomic mass is 10.1. The summed E-state index contributed by atoms with van der Waals surface area (Å²) in [6.07, 6.45) is 6.55. The van der Waals surface area contributed by atoms with Gasteiger partial charge in [-0.25, -0.2) is 0 Å². The van der Waals surface area contributed by atoms with Crippen LogP contribution in [0.5, 0.6) is 5.75 Å². The number of aromatic hydroxyl groups is 1. The van der Waals surface area contributed by atoms with Gasteiger partial charge >= 0.3 is 0 Å². The molecule has 1 unspecified atom stereocenters. The van der Waals surface area contributed by atoms with Crippen molar-refractivity contribution >= 4 is 5.91 Å². The van der Waals surface area contributed by atoms with E-state index in [1.807, 2.05) is 6.92 Å². The van der Waals surface area contributed by atoms with Crippen molar-refractivity contribution in [1.82, 2.24) is 5.32 Å². The molecule has 3 heteroatoms. The second-order valence-electron chi connectivity index (χ2n) is 3.99. The number of carbonyl (C=O) groups is 1. The summed E-state index contributed by atoms with van der Waals surface area (Å²) in [6.45, 7) is 3.73. The molecular weight excluding hydrogens is 214 g/mol. The first-order valence-electron chi connectivity index (χ1n) is 5.62. The molecule has 1 aromatic carbocycles. The summed E-state index contributed by atoms with van der Waals surface area (Å²) in [5.74, 6) is 2.58. The molecule has 17 heavy (non-hydrogen) atoms. The van der Waals surface area contributed by atoms with Crippen molar-refractivity contribution in [2.24, 2.45) is 0 Å². The van der Waals surface area contributed by atoms with E-state index in [0.717, 1.165) is 6.42 Å². The van der Waals surface area contributed by atoms with Gasteiger partial charge in [0, 0.05) is 18.0 Å². The Morgan fingerprint density at radius 2 is 2.29 bits per heavy atom. The second-order valence-corrected chi connectivity index (χ2v) is 3.99. The van der Waals surface area contributed by atoms with Gasteiger partial charge in [0.15, 0.2) is 0 Å². The first-order valence-corrected chi connectivity index (χ1v) is 5.62. The minimum Gasteiger partial charge on any atom is -0.508 e. The van der Waals surface area contributed by atoms with Gasteiger partial charge in [0.25, 0.3) is 5.91 Å². The zero-order chi connectivity index (χ0) is 12.8. The van der Waals surface area contributed by atoms with E-state index < -0.39 is 0 Å². The molecule has 3 nitrogen and oxygen atoms in total. The predicted molar refractivity (Wildman–Crippen MR) is 67.8 cm³/mol. The third-order valence-corrected chi connectivity index (χ3v) is 2.65. The van der Waals surface area contributed by atoms with Gasteiger partial charge in [-0.3, -0.25) is 4.79 Å². The third-order valence-electron chi connectivity index (χ3n) is 2.65. The van der Waals surface area contributed by atoms with Crippen molar-refractivity contribution in [3.05, 3.63) is 29.3 Å². The molecule has 1 atom stereocenters. The maximum atomic E-state index is 11.9. The summed E-state index contributed by atoms with van der Waals surface area (Å²) in [5.41, 5.74) is 1.22. The molecule has 0 aliphatic rings. The molecule has 0 radical (unpaired) electrons. The summed E-state index contributed by atoms with van der Waals surface area (Å²) in [4.78, 5) is 11.9. The van der Waals surface area contributed by atoms with E-state index in [1.165, 1.54) is 6.07 Å². The van der Waals surface area contributed by atoms with Crippen LogP contribution in [-0.4, -0.2) is 17.1 Å². The molecule has 0 aliphatic carbocycles.